The molecule has 1 unspecified atom stereocenters. The van der Waals surface area contributed by atoms with Crippen molar-refractivity contribution in [3.63, 3.8) is 0 Å². The number of nitrogens with zero attached hydrogens (tertiary/aromatic N) is 3. The zero-order chi connectivity index (χ0) is 11.1. The molecule has 5 heteroatoms. The molecule has 84 valence electrons. The predicted molar refractivity (Wildman–Crippen MR) is 59.0 cm³/mol. The lowest BCUT2D eigenvalue weighted by Gasteiger charge is -2.07. The second kappa shape index (κ2) is 3.54. The van der Waals surface area contributed by atoms with Crippen molar-refractivity contribution in [3.8, 4) is 0 Å². The number of rotatable bonds is 3. The molecule has 1 aliphatic rings. The number of fused-ring (bicyclic) bond motifs is 1. The molecule has 1 aliphatic carbocycles. The predicted octanol–water partition coefficient (Wildman–Crippen LogP) is 0.599. The number of pyridine rings is 1. The Hall–Kier alpha value is -1.46. The van der Waals surface area contributed by atoms with Crippen LogP contribution in [0.2, 0.25) is 0 Å². The zero-order valence-corrected chi connectivity index (χ0v) is 8.87. The number of hydrogen-bond donors (Lipinski definition) is 2. The van der Waals surface area contributed by atoms with Gasteiger partial charge in [-0.15, -0.1) is 10.2 Å². The second-order valence-corrected chi connectivity index (χ2v) is 4.27. The largest absolute Gasteiger partial charge is 0.387 e. The zero-order valence-electron chi connectivity index (χ0n) is 8.87. The highest BCUT2D eigenvalue weighted by Gasteiger charge is 2.28. The monoisotopic (exact) mass is 218 g/mol. The van der Waals surface area contributed by atoms with E-state index in [0.29, 0.717) is 5.92 Å². The van der Waals surface area contributed by atoms with E-state index >= 15 is 0 Å². The Kier molecular flexibility index (Phi) is 2.15. The maximum Gasteiger partial charge on any atom is 0.161 e. The van der Waals surface area contributed by atoms with Crippen molar-refractivity contribution in [3.05, 3.63) is 29.7 Å². The summed E-state index contributed by atoms with van der Waals surface area (Å²) >= 11 is 0. The third kappa shape index (κ3) is 1.48. The minimum Gasteiger partial charge on any atom is -0.387 e. The van der Waals surface area contributed by atoms with Crippen LogP contribution in [0.4, 0.5) is 0 Å². The summed E-state index contributed by atoms with van der Waals surface area (Å²) in [6.07, 6.45) is 3.70. The molecule has 5 nitrogen and oxygen atoms in total. The van der Waals surface area contributed by atoms with Crippen LogP contribution < -0.4 is 5.73 Å². The van der Waals surface area contributed by atoms with Gasteiger partial charge in [0.2, 0.25) is 0 Å². The van der Waals surface area contributed by atoms with Crippen LogP contribution in [0, 0.1) is 0 Å². The molecule has 2 aromatic heterocycles. The molecule has 0 saturated heterocycles. The average molecular weight is 218 g/mol. The van der Waals surface area contributed by atoms with Gasteiger partial charge in [0.1, 0.15) is 5.82 Å². The van der Waals surface area contributed by atoms with Gasteiger partial charge in [0.25, 0.3) is 0 Å². The van der Waals surface area contributed by atoms with E-state index in [9.17, 15) is 5.11 Å². The highest BCUT2D eigenvalue weighted by molar-refractivity contribution is 5.42. The fraction of sp³-hybridized carbons (Fsp3) is 0.455. The third-order valence-corrected chi connectivity index (χ3v) is 3.01. The summed E-state index contributed by atoms with van der Waals surface area (Å²) in [5, 5.41) is 17.9. The summed E-state index contributed by atoms with van der Waals surface area (Å²) in [5.74, 6) is 1.60. The molecule has 0 amide bonds. The smallest absolute Gasteiger partial charge is 0.161 e. The van der Waals surface area contributed by atoms with Crippen LogP contribution in [0.3, 0.4) is 0 Å². The summed E-state index contributed by atoms with van der Waals surface area (Å²) in [7, 11) is 0. The van der Waals surface area contributed by atoms with Gasteiger partial charge in [0, 0.05) is 18.7 Å². The number of aliphatic hydroxyl groups excluding tert-OH is 1. The van der Waals surface area contributed by atoms with E-state index in [2.05, 4.69) is 10.2 Å². The van der Waals surface area contributed by atoms with E-state index in [-0.39, 0.29) is 6.54 Å². The van der Waals surface area contributed by atoms with Crippen molar-refractivity contribution in [2.75, 3.05) is 6.54 Å². The minimum absolute atomic E-state index is 0.222. The molecule has 3 N–H and O–H groups in total. The average Bonchev–Trinajstić information content (AvgIpc) is 3.08. The van der Waals surface area contributed by atoms with Crippen LogP contribution in [0.1, 0.15) is 36.3 Å². The van der Waals surface area contributed by atoms with Crippen molar-refractivity contribution >= 4 is 5.65 Å². The lowest BCUT2D eigenvalue weighted by atomic mass is 10.1. The molecule has 0 spiro atoms. The van der Waals surface area contributed by atoms with Gasteiger partial charge in [-0.25, -0.2) is 0 Å². The molecule has 3 rings (SSSR count). The van der Waals surface area contributed by atoms with Crippen LogP contribution in [0.15, 0.2) is 18.3 Å². The maximum atomic E-state index is 9.63. The number of aliphatic hydroxyl groups is 1. The van der Waals surface area contributed by atoms with E-state index < -0.39 is 6.10 Å². The second-order valence-electron chi connectivity index (χ2n) is 4.27. The van der Waals surface area contributed by atoms with Crippen molar-refractivity contribution < 1.29 is 5.11 Å². The molecule has 16 heavy (non-hydrogen) atoms. The van der Waals surface area contributed by atoms with Crippen molar-refractivity contribution in [2.45, 2.75) is 24.9 Å². The fourth-order valence-corrected chi connectivity index (χ4v) is 1.89. The molecule has 0 aliphatic heterocycles. The third-order valence-electron chi connectivity index (χ3n) is 3.01. The van der Waals surface area contributed by atoms with Crippen LogP contribution in [-0.4, -0.2) is 26.2 Å². The Bertz CT molecular complexity index is 518. The van der Waals surface area contributed by atoms with E-state index in [1.54, 1.807) is 0 Å². The van der Waals surface area contributed by atoms with Crippen LogP contribution >= 0.6 is 0 Å². The van der Waals surface area contributed by atoms with Gasteiger partial charge >= 0.3 is 0 Å². The van der Waals surface area contributed by atoms with Gasteiger partial charge in [0.15, 0.2) is 5.65 Å². The number of aromatic nitrogens is 3. The minimum atomic E-state index is -0.619. The molecule has 2 heterocycles. The highest BCUT2D eigenvalue weighted by atomic mass is 16.3. The highest BCUT2D eigenvalue weighted by Crippen LogP contribution is 2.38. The maximum absolute atomic E-state index is 9.63. The van der Waals surface area contributed by atoms with Gasteiger partial charge in [0.05, 0.1) is 6.10 Å². The van der Waals surface area contributed by atoms with Gasteiger partial charge in [-0.3, -0.25) is 4.40 Å². The molecule has 0 bridgehead atoms. The Balaban J connectivity index is 2.05. The molecule has 0 aromatic carbocycles. The first-order chi connectivity index (χ1) is 7.79. The quantitative estimate of drug-likeness (QED) is 0.791. The summed E-state index contributed by atoms with van der Waals surface area (Å²) in [4.78, 5) is 0. The van der Waals surface area contributed by atoms with Gasteiger partial charge in [-0.05, 0) is 30.5 Å². The Morgan fingerprint density at radius 3 is 3.00 bits per heavy atom. The Labute approximate surface area is 92.9 Å². The van der Waals surface area contributed by atoms with Crippen molar-refractivity contribution in [2.24, 2.45) is 5.73 Å². The Morgan fingerprint density at radius 1 is 1.50 bits per heavy atom. The molecule has 1 atom stereocenters. The molecule has 2 aromatic rings. The number of nitrogens with two attached hydrogens (primary N) is 1. The molecular formula is C11H14N4O. The molecular weight excluding hydrogens is 204 g/mol. The van der Waals surface area contributed by atoms with Crippen molar-refractivity contribution in [1.29, 1.82) is 0 Å². The van der Waals surface area contributed by atoms with Gasteiger partial charge in [-0.2, -0.15) is 0 Å². The first-order valence-corrected chi connectivity index (χ1v) is 5.52. The number of hydrogen-bond acceptors (Lipinski definition) is 4. The molecule has 1 fully saturated rings. The van der Waals surface area contributed by atoms with Gasteiger partial charge < -0.3 is 10.8 Å². The molecule has 0 radical (unpaired) electrons. The summed E-state index contributed by atoms with van der Waals surface area (Å²) < 4.78 is 1.99. The van der Waals surface area contributed by atoms with E-state index in [0.717, 1.165) is 17.0 Å². The SMILES string of the molecule is NCC(O)c1ccn2c(C3CC3)nnc2c1. The first-order valence-electron chi connectivity index (χ1n) is 5.52. The summed E-state index contributed by atoms with van der Waals surface area (Å²) in [5.41, 5.74) is 7.00. The summed E-state index contributed by atoms with van der Waals surface area (Å²) in [6.45, 7) is 0.222. The van der Waals surface area contributed by atoms with Crippen LogP contribution in [0.25, 0.3) is 5.65 Å². The lowest BCUT2D eigenvalue weighted by Crippen LogP contribution is -2.11. The standard InChI is InChI=1S/C11H14N4O/c12-6-9(16)8-3-4-15-10(5-8)13-14-11(15)7-1-2-7/h3-5,7,9,16H,1-2,6,12H2. The van der Waals surface area contributed by atoms with Crippen molar-refractivity contribution in [1.82, 2.24) is 14.6 Å². The topological polar surface area (TPSA) is 76.4 Å². The van der Waals surface area contributed by atoms with Gasteiger partial charge in [-0.1, -0.05) is 0 Å². The fourth-order valence-electron chi connectivity index (χ4n) is 1.89. The first kappa shape index (κ1) is 9.74. The van der Waals surface area contributed by atoms with E-state index in [4.69, 9.17) is 5.73 Å². The summed E-state index contributed by atoms with van der Waals surface area (Å²) in [6, 6.07) is 3.72. The Morgan fingerprint density at radius 2 is 2.31 bits per heavy atom. The van der Waals surface area contributed by atoms with E-state index in [1.165, 1.54) is 12.8 Å². The van der Waals surface area contributed by atoms with Crippen LogP contribution in [0.5, 0.6) is 0 Å². The lowest BCUT2D eigenvalue weighted by molar-refractivity contribution is 0.186. The molecule has 1 saturated carbocycles. The van der Waals surface area contributed by atoms with E-state index in [1.807, 2.05) is 22.7 Å². The van der Waals surface area contributed by atoms with Crippen LogP contribution in [-0.2, 0) is 0 Å². The normalized spacial score (nSPS) is 17.9.